The van der Waals surface area contributed by atoms with E-state index in [9.17, 15) is 0 Å². The molecule has 1 rings (SSSR count). The van der Waals surface area contributed by atoms with Gasteiger partial charge in [0.25, 0.3) is 0 Å². The Bertz CT molecular complexity index is 376. The van der Waals surface area contributed by atoms with Crippen LogP contribution in [0.5, 0.6) is 0 Å². The molecule has 0 saturated carbocycles. The number of hydrogen-bond acceptors (Lipinski definition) is 1. The average Bonchev–Trinajstić information content (AvgIpc) is 2.25. The van der Waals surface area contributed by atoms with Crippen molar-refractivity contribution in [2.24, 2.45) is 4.99 Å². The molecule has 0 radical (unpaired) electrons. The van der Waals surface area contributed by atoms with Gasteiger partial charge in [0.15, 0.2) is 5.96 Å². The van der Waals surface area contributed by atoms with Gasteiger partial charge >= 0.3 is 0 Å². The summed E-state index contributed by atoms with van der Waals surface area (Å²) in [7, 11) is 8.04. The summed E-state index contributed by atoms with van der Waals surface area (Å²) >= 11 is 3.55. The Labute approximate surface area is 112 Å². The molecule has 0 aromatic heterocycles. The van der Waals surface area contributed by atoms with E-state index < -0.39 is 0 Å². The topological polar surface area (TPSA) is 18.8 Å². The molecule has 1 aromatic rings. The maximum absolute atomic E-state index is 4.61. The van der Waals surface area contributed by atoms with Crippen molar-refractivity contribution in [1.82, 2.24) is 9.80 Å². The second-order valence-electron chi connectivity index (χ2n) is 4.31. The first-order chi connectivity index (χ1) is 8.02. The van der Waals surface area contributed by atoms with Crippen LogP contribution in [0.1, 0.15) is 5.56 Å². The quantitative estimate of drug-likeness (QED) is 0.630. The minimum Gasteiger partial charge on any atom is -0.349 e. The van der Waals surface area contributed by atoms with Gasteiger partial charge in [0.05, 0.1) is 0 Å². The van der Waals surface area contributed by atoms with Crippen LogP contribution in [0.2, 0.25) is 0 Å². The molecular weight excluding hydrogens is 278 g/mol. The minimum absolute atomic E-state index is 0.800. The molecule has 1 aromatic carbocycles. The molecule has 94 valence electrons. The standard InChI is InChI=1S/C13H20BrN3/c1-16(2)13(17(3)4)15-10-9-11-7-5-6-8-12(11)14/h5-8H,9-10H2,1-4H3. The van der Waals surface area contributed by atoms with Crippen LogP contribution in [0.25, 0.3) is 0 Å². The molecule has 0 spiro atoms. The molecule has 0 unspecified atom stereocenters. The lowest BCUT2D eigenvalue weighted by Gasteiger charge is -2.22. The lowest BCUT2D eigenvalue weighted by Crippen LogP contribution is -2.35. The fourth-order valence-electron chi connectivity index (χ4n) is 1.66. The van der Waals surface area contributed by atoms with Crippen molar-refractivity contribution in [3.63, 3.8) is 0 Å². The second kappa shape index (κ2) is 6.64. The first-order valence-corrected chi connectivity index (χ1v) is 6.44. The molecule has 0 bridgehead atoms. The summed E-state index contributed by atoms with van der Waals surface area (Å²) < 4.78 is 1.16. The number of hydrogen-bond donors (Lipinski definition) is 0. The zero-order valence-corrected chi connectivity index (χ0v) is 12.5. The molecule has 0 aliphatic carbocycles. The monoisotopic (exact) mass is 297 g/mol. The van der Waals surface area contributed by atoms with E-state index in [4.69, 9.17) is 0 Å². The van der Waals surface area contributed by atoms with E-state index in [0.717, 1.165) is 23.4 Å². The Morgan fingerprint density at radius 2 is 1.71 bits per heavy atom. The summed E-state index contributed by atoms with van der Waals surface area (Å²) in [6.45, 7) is 0.800. The van der Waals surface area contributed by atoms with Crippen molar-refractivity contribution in [2.45, 2.75) is 6.42 Å². The average molecular weight is 298 g/mol. The van der Waals surface area contributed by atoms with Crippen molar-refractivity contribution in [2.75, 3.05) is 34.7 Å². The van der Waals surface area contributed by atoms with Gasteiger partial charge in [-0.1, -0.05) is 34.1 Å². The predicted molar refractivity (Wildman–Crippen MR) is 77.5 cm³/mol. The van der Waals surface area contributed by atoms with Gasteiger partial charge in [-0.2, -0.15) is 0 Å². The highest BCUT2D eigenvalue weighted by Gasteiger charge is 2.04. The van der Waals surface area contributed by atoms with Crippen LogP contribution in [0.15, 0.2) is 33.7 Å². The first-order valence-electron chi connectivity index (χ1n) is 5.65. The highest BCUT2D eigenvalue weighted by molar-refractivity contribution is 9.10. The molecule has 17 heavy (non-hydrogen) atoms. The summed E-state index contributed by atoms with van der Waals surface area (Å²) in [5.41, 5.74) is 1.30. The molecule has 0 fully saturated rings. The summed E-state index contributed by atoms with van der Waals surface area (Å²) in [6.07, 6.45) is 0.951. The van der Waals surface area contributed by atoms with Crippen LogP contribution < -0.4 is 0 Å². The normalized spacial score (nSPS) is 9.94. The summed E-state index contributed by atoms with van der Waals surface area (Å²) in [4.78, 5) is 8.66. The summed E-state index contributed by atoms with van der Waals surface area (Å²) in [5, 5.41) is 0. The summed E-state index contributed by atoms with van der Waals surface area (Å²) in [5.74, 6) is 0.997. The molecule has 3 nitrogen and oxygen atoms in total. The number of benzene rings is 1. The second-order valence-corrected chi connectivity index (χ2v) is 5.17. The Kier molecular flexibility index (Phi) is 5.48. The molecule has 0 aliphatic rings. The molecule has 0 N–H and O–H groups in total. The van der Waals surface area contributed by atoms with Crippen LogP contribution in [-0.4, -0.2) is 50.5 Å². The van der Waals surface area contributed by atoms with E-state index in [-0.39, 0.29) is 0 Å². The third-order valence-electron chi connectivity index (χ3n) is 2.39. The van der Waals surface area contributed by atoms with Gasteiger partial charge in [-0.15, -0.1) is 0 Å². The van der Waals surface area contributed by atoms with Crippen LogP contribution in [-0.2, 0) is 6.42 Å². The van der Waals surface area contributed by atoms with Crippen LogP contribution in [0, 0.1) is 0 Å². The molecule has 4 heteroatoms. The number of guanidine groups is 1. The first kappa shape index (κ1) is 14.0. The predicted octanol–water partition coefficient (Wildman–Crippen LogP) is 2.47. The maximum atomic E-state index is 4.61. The highest BCUT2D eigenvalue weighted by atomic mass is 79.9. The van der Waals surface area contributed by atoms with Gasteiger partial charge in [-0.3, -0.25) is 4.99 Å². The number of rotatable bonds is 3. The number of aliphatic imine (C=N–C) groups is 1. The van der Waals surface area contributed by atoms with Crippen LogP contribution in [0.3, 0.4) is 0 Å². The van der Waals surface area contributed by atoms with E-state index in [1.165, 1.54) is 5.56 Å². The molecule has 0 saturated heterocycles. The van der Waals surface area contributed by atoms with E-state index in [2.05, 4.69) is 39.1 Å². The lowest BCUT2D eigenvalue weighted by molar-refractivity contribution is 0.479. The molecule has 0 heterocycles. The molecule has 0 aliphatic heterocycles. The van der Waals surface area contributed by atoms with Crippen molar-refractivity contribution in [3.05, 3.63) is 34.3 Å². The van der Waals surface area contributed by atoms with Crippen molar-refractivity contribution >= 4 is 21.9 Å². The third-order valence-corrected chi connectivity index (χ3v) is 3.17. The SMILES string of the molecule is CN(C)C(=NCCc1ccccc1Br)N(C)C. The van der Waals surface area contributed by atoms with Crippen LogP contribution in [0.4, 0.5) is 0 Å². The Morgan fingerprint density at radius 3 is 2.24 bits per heavy atom. The van der Waals surface area contributed by atoms with Gasteiger partial charge < -0.3 is 9.80 Å². The van der Waals surface area contributed by atoms with Crippen molar-refractivity contribution < 1.29 is 0 Å². The van der Waals surface area contributed by atoms with E-state index in [1.807, 2.05) is 44.1 Å². The number of nitrogens with zero attached hydrogens (tertiary/aromatic N) is 3. The van der Waals surface area contributed by atoms with Crippen molar-refractivity contribution in [1.29, 1.82) is 0 Å². The van der Waals surface area contributed by atoms with Gasteiger partial charge in [-0.25, -0.2) is 0 Å². The Morgan fingerprint density at radius 1 is 1.12 bits per heavy atom. The van der Waals surface area contributed by atoms with Gasteiger partial charge in [0, 0.05) is 39.2 Å². The lowest BCUT2D eigenvalue weighted by atomic mass is 10.1. The van der Waals surface area contributed by atoms with E-state index in [0.29, 0.717) is 0 Å². The minimum atomic E-state index is 0.800. The number of halogens is 1. The van der Waals surface area contributed by atoms with Gasteiger partial charge in [0.2, 0.25) is 0 Å². The van der Waals surface area contributed by atoms with E-state index >= 15 is 0 Å². The fraction of sp³-hybridized carbons (Fsp3) is 0.462. The molecule has 0 amide bonds. The third kappa shape index (κ3) is 4.38. The Hall–Kier alpha value is -1.03. The van der Waals surface area contributed by atoms with Gasteiger partial charge in [0.1, 0.15) is 0 Å². The smallest absolute Gasteiger partial charge is 0.195 e. The van der Waals surface area contributed by atoms with Crippen molar-refractivity contribution in [3.8, 4) is 0 Å². The molecule has 0 atom stereocenters. The zero-order valence-electron chi connectivity index (χ0n) is 10.9. The summed E-state index contributed by atoms with van der Waals surface area (Å²) in [6, 6.07) is 8.28. The van der Waals surface area contributed by atoms with E-state index in [1.54, 1.807) is 0 Å². The van der Waals surface area contributed by atoms with Gasteiger partial charge in [-0.05, 0) is 18.1 Å². The fourth-order valence-corrected chi connectivity index (χ4v) is 2.14. The highest BCUT2D eigenvalue weighted by Crippen LogP contribution is 2.16. The zero-order chi connectivity index (χ0) is 12.8. The van der Waals surface area contributed by atoms with Crippen LogP contribution >= 0.6 is 15.9 Å². The largest absolute Gasteiger partial charge is 0.349 e. The Balaban J connectivity index is 2.62. The molecular formula is C13H20BrN3. The maximum Gasteiger partial charge on any atom is 0.195 e.